The Morgan fingerprint density at radius 2 is 1.92 bits per heavy atom. The first-order valence-corrected chi connectivity index (χ1v) is 9.24. The minimum Gasteiger partial charge on any atom is -0.357 e. The summed E-state index contributed by atoms with van der Waals surface area (Å²) < 4.78 is 0. The number of hydrogen-bond donors (Lipinski definition) is 2. The second-order valence-electron chi connectivity index (χ2n) is 6.06. The number of pyridine rings is 1. The second kappa shape index (κ2) is 7.57. The highest BCUT2D eigenvalue weighted by atomic mass is 32.2. The Morgan fingerprint density at radius 1 is 1.12 bits per heavy atom. The van der Waals surface area contributed by atoms with E-state index < -0.39 is 0 Å². The molecular weight excluding hydrogens is 332 g/mol. The molecule has 25 heavy (non-hydrogen) atoms. The summed E-state index contributed by atoms with van der Waals surface area (Å²) in [6.07, 6.45) is 0. The number of hydrogen-bond acceptors (Lipinski definition) is 3. The first kappa shape index (κ1) is 17.3. The van der Waals surface area contributed by atoms with Gasteiger partial charge in [0.2, 0.25) is 5.91 Å². The third kappa shape index (κ3) is 4.31. The van der Waals surface area contributed by atoms with E-state index in [1.54, 1.807) is 6.07 Å². The standard InChI is InChI=1S/C20H20N2O2S/c1-13-7-8-17(14(2)9-13)22-20(24)12-25-11-15-10-19(23)16-5-3-4-6-18(16)21-15/h3-10H,11-12H2,1-2H3,(H,21,23)(H,22,24). The molecule has 3 rings (SSSR count). The molecule has 0 unspecified atom stereocenters. The molecule has 0 saturated heterocycles. The molecule has 0 aliphatic carbocycles. The predicted molar refractivity (Wildman–Crippen MR) is 105 cm³/mol. The van der Waals surface area contributed by atoms with Crippen LogP contribution in [0.25, 0.3) is 10.9 Å². The van der Waals surface area contributed by atoms with Gasteiger partial charge in [-0.15, -0.1) is 11.8 Å². The normalized spacial score (nSPS) is 10.8. The topological polar surface area (TPSA) is 62.0 Å². The number of rotatable bonds is 5. The van der Waals surface area contributed by atoms with Crippen LogP contribution >= 0.6 is 11.8 Å². The van der Waals surface area contributed by atoms with Crippen LogP contribution < -0.4 is 10.7 Å². The van der Waals surface area contributed by atoms with Crippen LogP contribution in [0.4, 0.5) is 5.69 Å². The molecule has 0 atom stereocenters. The number of aromatic amines is 1. The number of aromatic nitrogens is 1. The minimum absolute atomic E-state index is 0.00433. The van der Waals surface area contributed by atoms with E-state index >= 15 is 0 Å². The van der Waals surface area contributed by atoms with Crippen LogP contribution in [0.3, 0.4) is 0 Å². The Hall–Kier alpha value is -2.53. The van der Waals surface area contributed by atoms with Crippen molar-refractivity contribution in [3.63, 3.8) is 0 Å². The van der Waals surface area contributed by atoms with Gasteiger partial charge in [-0.2, -0.15) is 0 Å². The van der Waals surface area contributed by atoms with Crippen molar-refractivity contribution >= 4 is 34.3 Å². The van der Waals surface area contributed by atoms with Crippen LogP contribution in [-0.2, 0) is 10.5 Å². The molecule has 0 aliphatic heterocycles. The first-order chi connectivity index (χ1) is 12.0. The number of H-pyrrole nitrogens is 1. The maximum absolute atomic E-state index is 12.1. The SMILES string of the molecule is Cc1ccc(NC(=O)CSCc2cc(=O)c3ccccc3[nH]2)c(C)c1. The van der Waals surface area contributed by atoms with Crippen molar-refractivity contribution in [2.24, 2.45) is 0 Å². The van der Waals surface area contributed by atoms with Crippen LogP contribution in [-0.4, -0.2) is 16.6 Å². The van der Waals surface area contributed by atoms with Gasteiger partial charge in [-0.1, -0.05) is 29.8 Å². The van der Waals surface area contributed by atoms with Crippen molar-refractivity contribution in [3.8, 4) is 0 Å². The van der Waals surface area contributed by atoms with Gasteiger partial charge in [0.05, 0.1) is 5.75 Å². The molecule has 0 fully saturated rings. The lowest BCUT2D eigenvalue weighted by Gasteiger charge is -2.09. The maximum atomic E-state index is 12.1. The molecule has 1 heterocycles. The number of carbonyl (C=O) groups is 1. The van der Waals surface area contributed by atoms with Crippen LogP contribution in [0.2, 0.25) is 0 Å². The summed E-state index contributed by atoms with van der Waals surface area (Å²) in [5, 5.41) is 3.62. The van der Waals surface area contributed by atoms with Crippen molar-refractivity contribution in [3.05, 3.63) is 75.6 Å². The summed E-state index contributed by atoms with van der Waals surface area (Å²) in [6.45, 7) is 4.01. The summed E-state index contributed by atoms with van der Waals surface area (Å²) in [6, 6.07) is 15.0. The Labute approximate surface area is 150 Å². The summed E-state index contributed by atoms with van der Waals surface area (Å²) in [4.78, 5) is 27.5. The fourth-order valence-electron chi connectivity index (χ4n) is 2.72. The van der Waals surface area contributed by atoms with Gasteiger partial charge >= 0.3 is 0 Å². The molecule has 0 radical (unpaired) electrons. The number of thioether (sulfide) groups is 1. The van der Waals surface area contributed by atoms with Crippen molar-refractivity contribution in [1.29, 1.82) is 0 Å². The average Bonchev–Trinajstić information content (AvgIpc) is 2.57. The molecule has 1 amide bonds. The van der Waals surface area contributed by atoms with E-state index in [0.29, 0.717) is 16.9 Å². The fourth-order valence-corrected chi connectivity index (χ4v) is 3.46. The van der Waals surface area contributed by atoms with Gasteiger partial charge in [0.1, 0.15) is 0 Å². The minimum atomic E-state index is -0.0416. The average molecular weight is 352 g/mol. The molecule has 0 aliphatic rings. The molecular formula is C20H20N2O2S. The van der Waals surface area contributed by atoms with E-state index in [1.807, 2.05) is 56.3 Å². The Bertz CT molecular complexity index is 979. The van der Waals surface area contributed by atoms with Gasteiger partial charge in [-0.3, -0.25) is 9.59 Å². The highest BCUT2D eigenvalue weighted by Crippen LogP contribution is 2.17. The van der Waals surface area contributed by atoms with Crippen molar-refractivity contribution in [1.82, 2.24) is 4.98 Å². The molecule has 0 bridgehead atoms. The quantitative estimate of drug-likeness (QED) is 0.729. The van der Waals surface area contributed by atoms with Crippen LogP contribution in [0.5, 0.6) is 0 Å². The third-order valence-electron chi connectivity index (χ3n) is 3.94. The van der Waals surface area contributed by atoms with E-state index in [0.717, 1.165) is 22.5 Å². The van der Waals surface area contributed by atoms with E-state index in [-0.39, 0.29) is 11.3 Å². The largest absolute Gasteiger partial charge is 0.357 e. The summed E-state index contributed by atoms with van der Waals surface area (Å²) >= 11 is 1.48. The van der Waals surface area contributed by atoms with Crippen LogP contribution in [0.15, 0.2) is 53.3 Å². The van der Waals surface area contributed by atoms with E-state index in [4.69, 9.17) is 0 Å². The van der Waals surface area contributed by atoms with Gasteiger partial charge in [-0.25, -0.2) is 0 Å². The Morgan fingerprint density at radius 3 is 2.72 bits per heavy atom. The van der Waals surface area contributed by atoms with Crippen LogP contribution in [0, 0.1) is 13.8 Å². The number of nitrogens with one attached hydrogen (secondary N) is 2. The van der Waals surface area contributed by atoms with E-state index in [9.17, 15) is 9.59 Å². The molecule has 1 aromatic heterocycles. The number of anilines is 1. The highest BCUT2D eigenvalue weighted by molar-refractivity contribution is 7.99. The zero-order valence-electron chi connectivity index (χ0n) is 14.3. The van der Waals surface area contributed by atoms with Gasteiger partial charge < -0.3 is 10.3 Å². The monoisotopic (exact) mass is 352 g/mol. The molecule has 3 aromatic rings. The van der Waals surface area contributed by atoms with E-state index in [1.165, 1.54) is 17.3 Å². The lowest BCUT2D eigenvalue weighted by molar-refractivity contribution is -0.113. The molecule has 0 saturated carbocycles. The Balaban J connectivity index is 1.59. The zero-order chi connectivity index (χ0) is 17.8. The summed E-state index contributed by atoms with van der Waals surface area (Å²) in [5.74, 6) is 0.878. The van der Waals surface area contributed by atoms with Gasteiger partial charge in [0.25, 0.3) is 0 Å². The van der Waals surface area contributed by atoms with Gasteiger partial charge in [0.15, 0.2) is 5.43 Å². The maximum Gasteiger partial charge on any atom is 0.234 e. The number of fused-ring (bicyclic) bond motifs is 1. The summed E-state index contributed by atoms with van der Waals surface area (Å²) in [7, 11) is 0. The lowest BCUT2D eigenvalue weighted by Crippen LogP contribution is -2.15. The molecule has 4 nitrogen and oxygen atoms in total. The number of amides is 1. The lowest BCUT2D eigenvalue weighted by atomic mass is 10.1. The van der Waals surface area contributed by atoms with E-state index in [2.05, 4.69) is 10.3 Å². The second-order valence-corrected chi connectivity index (χ2v) is 7.05. The van der Waals surface area contributed by atoms with Gasteiger partial charge in [0, 0.05) is 34.1 Å². The number of para-hydroxylation sites is 1. The Kier molecular flexibility index (Phi) is 5.24. The fraction of sp³-hybridized carbons (Fsp3) is 0.200. The van der Waals surface area contributed by atoms with Crippen molar-refractivity contribution in [2.45, 2.75) is 19.6 Å². The molecule has 5 heteroatoms. The van der Waals surface area contributed by atoms with Crippen molar-refractivity contribution < 1.29 is 4.79 Å². The number of carbonyl (C=O) groups excluding carboxylic acids is 1. The highest BCUT2D eigenvalue weighted by Gasteiger charge is 2.07. The van der Waals surface area contributed by atoms with Gasteiger partial charge in [-0.05, 0) is 37.6 Å². The molecule has 0 spiro atoms. The van der Waals surface area contributed by atoms with Crippen molar-refractivity contribution in [2.75, 3.05) is 11.1 Å². The van der Waals surface area contributed by atoms with Crippen LogP contribution in [0.1, 0.15) is 16.8 Å². The molecule has 2 aromatic carbocycles. The first-order valence-electron chi connectivity index (χ1n) is 8.09. The number of benzene rings is 2. The third-order valence-corrected chi connectivity index (χ3v) is 4.92. The predicted octanol–water partition coefficient (Wildman–Crippen LogP) is 4.02. The summed E-state index contributed by atoms with van der Waals surface area (Å²) in [5.41, 5.74) is 4.72. The molecule has 128 valence electrons. The number of aryl methyl sites for hydroxylation is 2. The zero-order valence-corrected chi connectivity index (χ0v) is 15.1. The molecule has 2 N–H and O–H groups in total. The smallest absolute Gasteiger partial charge is 0.234 e.